The van der Waals surface area contributed by atoms with Crippen LogP contribution >= 0.6 is 11.3 Å². The third-order valence-electron chi connectivity index (χ3n) is 3.19. The van der Waals surface area contributed by atoms with E-state index in [4.69, 9.17) is 0 Å². The number of carbonyl (C=O) groups excluding carboxylic acids is 1. The van der Waals surface area contributed by atoms with Gasteiger partial charge in [-0.1, -0.05) is 37.3 Å². The van der Waals surface area contributed by atoms with Crippen LogP contribution in [0.2, 0.25) is 0 Å². The Morgan fingerprint density at radius 2 is 2.00 bits per heavy atom. The molecule has 0 atom stereocenters. The van der Waals surface area contributed by atoms with Crippen LogP contribution in [-0.2, 0) is 6.54 Å². The normalized spacial score (nSPS) is 10.8. The van der Waals surface area contributed by atoms with Gasteiger partial charge in [-0.15, -0.1) is 0 Å². The van der Waals surface area contributed by atoms with Gasteiger partial charge < -0.3 is 0 Å². The van der Waals surface area contributed by atoms with Gasteiger partial charge in [0.25, 0.3) is 0 Å². The van der Waals surface area contributed by atoms with E-state index in [9.17, 15) is 4.79 Å². The topological polar surface area (TPSA) is 20.3 Å². The minimum absolute atomic E-state index is 0.243. The first kappa shape index (κ1) is 14.0. The summed E-state index contributed by atoms with van der Waals surface area (Å²) in [7, 11) is 0. The van der Waals surface area contributed by atoms with Gasteiger partial charge in [0, 0.05) is 30.5 Å². The molecular weight excluding hydrogens is 254 g/mol. The van der Waals surface area contributed by atoms with Gasteiger partial charge in [-0.05, 0) is 23.6 Å². The van der Waals surface area contributed by atoms with E-state index < -0.39 is 0 Å². The third-order valence-corrected chi connectivity index (χ3v) is 3.88. The fourth-order valence-electron chi connectivity index (χ4n) is 2.02. The van der Waals surface area contributed by atoms with E-state index in [-0.39, 0.29) is 5.78 Å². The van der Waals surface area contributed by atoms with Crippen molar-refractivity contribution in [2.24, 2.45) is 0 Å². The molecule has 0 bridgehead atoms. The first-order valence-electron chi connectivity index (χ1n) is 6.61. The van der Waals surface area contributed by atoms with Gasteiger partial charge in [0.05, 0.1) is 0 Å². The maximum absolute atomic E-state index is 12.0. The Morgan fingerprint density at radius 3 is 2.63 bits per heavy atom. The van der Waals surface area contributed by atoms with Crippen LogP contribution in [0.25, 0.3) is 0 Å². The number of hydrogen-bond donors (Lipinski definition) is 0. The van der Waals surface area contributed by atoms with Crippen molar-refractivity contribution in [1.82, 2.24) is 4.90 Å². The second kappa shape index (κ2) is 7.22. The van der Waals surface area contributed by atoms with Crippen LogP contribution in [0.1, 0.15) is 29.3 Å². The lowest BCUT2D eigenvalue weighted by atomic mass is 10.1. The van der Waals surface area contributed by atoms with Crippen LogP contribution in [0.5, 0.6) is 0 Å². The van der Waals surface area contributed by atoms with Crippen LogP contribution < -0.4 is 0 Å². The Hall–Kier alpha value is -1.45. The smallest absolute Gasteiger partial charge is 0.164 e. The lowest BCUT2D eigenvalue weighted by molar-refractivity contribution is 0.0964. The Bertz CT molecular complexity index is 493. The summed E-state index contributed by atoms with van der Waals surface area (Å²) in [6.45, 7) is 4.83. The van der Waals surface area contributed by atoms with Crippen molar-refractivity contribution < 1.29 is 4.79 Å². The molecule has 0 aliphatic rings. The van der Waals surface area contributed by atoms with Crippen molar-refractivity contribution in [1.29, 1.82) is 0 Å². The van der Waals surface area contributed by atoms with Gasteiger partial charge in [-0.2, -0.15) is 11.3 Å². The molecule has 2 aromatic rings. The molecular formula is C16H19NOS. The number of carbonyl (C=O) groups is 1. The molecule has 100 valence electrons. The summed E-state index contributed by atoms with van der Waals surface area (Å²) in [6.07, 6.45) is 0.595. The molecule has 0 aliphatic heterocycles. The van der Waals surface area contributed by atoms with E-state index >= 15 is 0 Å². The maximum Gasteiger partial charge on any atom is 0.164 e. The molecule has 0 amide bonds. The highest BCUT2D eigenvalue weighted by Crippen LogP contribution is 2.10. The average molecular weight is 273 g/mol. The summed E-state index contributed by atoms with van der Waals surface area (Å²) >= 11 is 1.58. The average Bonchev–Trinajstić information content (AvgIpc) is 2.98. The minimum Gasteiger partial charge on any atom is -0.299 e. The molecule has 2 nitrogen and oxygen atoms in total. The number of thiophene rings is 1. The molecule has 2 rings (SSSR count). The van der Waals surface area contributed by atoms with E-state index in [1.165, 1.54) is 5.56 Å². The molecule has 3 heteroatoms. The quantitative estimate of drug-likeness (QED) is 0.714. The molecule has 1 aromatic carbocycles. The summed E-state index contributed by atoms with van der Waals surface area (Å²) < 4.78 is 0. The van der Waals surface area contributed by atoms with Crippen LogP contribution in [0.3, 0.4) is 0 Å². The molecule has 0 saturated carbocycles. The Morgan fingerprint density at radius 1 is 1.21 bits per heavy atom. The molecule has 0 N–H and O–H groups in total. The molecule has 1 heterocycles. The van der Waals surface area contributed by atoms with Crippen molar-refractivity contribution in [2.75, 3.05) is 13.1 Å². The van der Waals surface area contributed by atoms with Crippen molar-refractivity contribution in [3.8, 4) is 0 Å². The number of rotatable bonds is 7. The number of Topliss-reactive ketones (excluding diaryl/α,β-unsaturated/α-hetero) is 1. The Kier molecular flexibility index (Phi) is 5.31. The second-order valence-corrected chi connectivity index (χ2v) is 5.32. The third kappa shape index (κ3) is 4.30. The standard InChI is InChI=1S/C16H19NOS/c1-2-17(12-14-6-4-3-5-7-14)10-8-16(18)15-9-11-19-13-15/h3-7,9,11,13H,2,8,10,12H2,1H3. The Balaban J connectivity index is 1.84. The van der Waals surface area contributed by atoms with Crippen molar-refractivity contribution in [3.63, 3.8) is 0 Å². The van der Waals surface area contributed by atoms with Gasteiger partial charge in [-0.3, -0.25) is 9.69 Å². The lowest BCUT2D eigenvalue weighted by Crippen LogP contribution is -2.25. The molecule has 0 unspecified atom stereocenters. The fourth-order valence-corrected chi connectivity index (χ4v) is 2.68. The lowest BCUT2D eigenvalue weighted by Gasteiger charge is -2.19. The van der Waals surface area contributed by atoms with Crippen LogP contribution in [0.4, 0.5) is 0 Å². The van der Waals surface area contributed by atoms with Gasteiger partial charge in [0.1, 0.15) is 0 Å². The summed E-state index contributed by atoms with van der Waals surface area (Å²) in [4.78, 5) is 14.3. The molecule has 0 radical (unpaired) electrons. The van der Waals surface area contributed by atoms with Gasteiger partial charge >= 0.3 is 0 Å². The predicted molar refractivity (Wildman–Crippen MR) is 80.7 cm³/mol. The highest BCUT2D eigenvalue weighted by Gasteiger charge is 2.09. The highest BCUT2D eigenvalue weighted by molar-refractivity contribution is 7.08. The number of nitrogens with zero attached hydrogens (tertiary/aromatic N) is 1. The summed E-state index contributed by atoms with van der Waals surface area (Å²) in [5, 5.41) is 3.88. The monoisotopic (exact) mass is 273 g/mol. The molecule has 0 fully saturated rings. The fraction of sp³-hybridized carbons (Fsp3) is 0.312. The van der Waals surface area contributed by atoms with Crippen LogP contribution in [0.15, 0.2) is 47.2 Å². The zero-order chi connectivity index (χ0) is 13.5. The van der Waals surface area contributed by atoms with Crippen molar-refractivity contribution >= 4 is 17.1 Å². The predicted octanol–water partition coefficient (Wildman–Crippen LogP) is 3.84. The highest BCUT2D eigenvalue weighted by atomic mass is 32.1. The largest absolute Gasteiger partial charge is 0.299 e. The first-order valence-corrected chi connectivity index (χ1v) is 7.55. The zero-order valence-corrected chi connectivity index (χ0v) is 12.0. The van der Waals surface area contributed by atoms with Crippen LogP contribution in [-0.4, -0.2) is 23.8 Å². The Labute approximate surface area is 118 Å². The molecule has 0 aliphatic carbocycles. The maximum atomic E-state index is 12.0. The first-order chi connectivity index (χ1) is 9.29. The molecule has 19 heavy (non-hydrogen) atoms. The molecule has 1 aromatic heterocycles. The van der Waals surface area contributed by atoms with Crippen molar-refractivity contribution in [3.05, 3.63) is 58.3 Å². The number of hydrogen-bond acceptors (Lipinski definition) is 3. The van der Waals surface area contributed by atoms with Gasteiger partial charge in [0.15, 0.2) is 5.78 Å². The molecule has 0 saturated heterocycles. The van der Waals surface area contributed by atoms with E-state index in [0.29, 0.717) is 6.42 Å². The van der Waals surface area contributed by atoms with E-state index in [0.717, 1.165) is 25.2 Å². The SMILES string of the molecule is CCN(CCC(=O)c1ccsc1)Cc1ccccc1. The zero-order valence-electron chi connectivity index (χ0n) is 11.2. The summed E-state index contributed by atoms with van der Waals surface area (Å²) in [5.41, 5.74) is 2.15. The number of ketones is 1. The van der Waals surface area contributed by atoms with E-state index in [1.807, 2.05) is 22.9 Å². The van der Waals surface area contributed by atoms with Gasteiger partial charge in [0.2, 0.25) is 0 Å². The number of benzene rings is 1. The van der Waals surface area contributed by atoms with Crippen LogP contribution in [0, 0.1) is 0 Å². The summed E-state index contributed by atoms with van der Waals surface area (Å²) in [5.74, 6) is 0.243. The summed E-state index contributed by atoms with van der Waals surface area (Å²) in [6, 6.07) is 12.3. The second-order valence-electron chi connectivity index (χ2n) is 4.54. The minimum atomic E-state index is 0.243. The van der Waals surface area contributed by atoms with E-state index in [2.05, 4.69) is 36.1 Å². The van der Waals surface area contributed by atoms with E-state index in [1.54, 1.807) is 11.3 Å². The van der Waals surface area contributed by atoms with Gasteiger partial charge in [-0.25, -0.2) is 0 Å². The molecule has 0 spiro atoms. The van der Waals surface area contributed by atoms with Crippen molar-refractivity contribution in [2.45, 2.75) is 19.9 Å².